The molecule has 12 nitrogen and oxygen atoms in total. The summed E-state index contributed by atoms with van der Waals surface area (Å²) >= 11 is 0. The van der Waals surface area contributed by atoms with E-state index in [9.17, 15) is 22.8 Å². The van der Waals surface area contributed by atoms with Crippen LogP contribution in [-0.4, -0.2) is 76.3 Å². The second-order valence-electron chi connectivity index (χ2n) is 8.52. The Morgan fingerprint density at radius 2 is 1.81 bits per heavy atom. The Balaban J connectivity index is 1.36. The number of nitrogens with one attached hydrogen (secondary N) is 2. The largest absolute Gasteiger partial charge is 0.486 e. The molecule has 3 aliphatic rings. The van der Waals surface area contributed by atoms with Crippen LogP contribution in [0.1, 0.15) is 26.7 Å². The van der Waals surface area contributed by atoms with Crippen molar-refractivity contribution in [2.75, 3.05) is 39.5 Å². The Morgan fingerprint density at radius 3 is 2.50 bits per heavy atom. The van der Waals surface area contributed by atoms with Crippen LogP contribution in [0.15, 0.2) is 34.4 Å². The van der Waals surface area contributed by atoms with Gasteiger partial charge in [0.2, 0.25) is 10.0 Å². The molecule has 1 aromatic rings. The molecular weight excluding hydrogens is 494 g/mol. The van der Waals surface area contributed by atoms with E-state index in [0.29, 0.717) is 24.7 Å². The summed E-state index contributed by atoms with van der Waals surface area (Å²) in [6, 6.07) is 3.38. The molecule has 196 valence electrons. The molecule has 36 heavy (non-hydrogen) atoms. The highest BCUT2D eigenvalue weighted by Gasteiger charge is 2.35. The summed E-state index contributed by atoms with van der Waals surface area (Å²) in [5.41, 5.74) is 0.348. The van der Waals surface area contributed by atoms with Gasteiger partial charge in [0.15, 0.2) is 11.5 Å². The fraction of sp³-hybridized carbons (Fsp3) is 0.522. The summed E-state index contributed by atoms with van der Waals surface area (Å²) in [6.45, 7) is 4.19. The molecule has 0 bridgehead atoms. The summed E-state index contributed by atoms with van der Waals surface area (Å²) in [4.78, 5) is 37.0. The number of amides is 2. The first-order valence-corrected chi connectivity index (χ1v) is 13.2. The lowest BCUT2D eigenvalue weighted by Gasteiger charge is -2.31. The lowest BCUT2D eigenvalue weighted by atomic mass is 9.98. The molecule has 0 unspecified atom stereocenters. The summed E-state index contributed by atoms with van der Waals surface area (Å²) in [6.07, 6.45) is 0.549. The van der Waals surface area contributed by atoms with E-state index >= 15 is 0 Å². The van der Waals surface area contributed by atoms with Gasteiger partial charge in [-0.05, 0) is 38.8 Å². The summed E-state index contributed by atoms with van der Waals surface area (Å²) in [7, 11) is -3.78. The normalized spacial score (nSPS) is 20.8. The molecule has 0 aromatic heterocycles. The van der Waals surface area contributed by atoms with Gasteiger partial charge >= 0.3 is 18.0 Å². The van der Waals surface area contributed by atoms with E-state index in [1.807, 2.05) is 0 Å². The van der Waals surface area contributed by atoms with Crippen LogP contribution in [0.3, 0.4) is 0 Å². The average molecular weight is 524 g/mol. The minimum Gasteiger partial charge on any atom is -0.486 e. The van der Waals surface area contributed by atoms with Crippen molar-refractivity contribution in [1.82, 2.24) is 14.9 Å². The van der Waals surface area contributed by atoms with Crippen LogP contribution < -0.4 is 20.1 Å². The number of hydrogen-bond donors (Lipinski definition) is 2. The lowest BCUT2D eigenvalue weighted by molar-refractivity contribution is -0.149. The molecule has 1 fully saturated rings. The van der Waals surface area contributed by atoms with Gasteiger partial charge in [-0.3, -0.25) is 4.79 Å². The van der Waals surface area contributed by atoms with Crippen molar-refractivity contribution in [2.45, 2.75) is 37.6 Å². The molecule has 13 heteroatoms. The van der Waals surface area contributed by atoms with E-state index in [0.717, 1.165) is 0 Å². The number of fused-ring (bicyclic) bond motifs is 1. The zero-order chi connectivity index (χ0) is 25.9. The Hall–Kier alpha value is -3.32. The molecule has 3 heterocycles. The zero-order valence-corrected chi connectivity index (χ0v) is 20.9. The first-order chi connectivity index (χ1) is 17.2. The standard InChI is InChI=1S/C23H29N3O9S/c1-3-32-22(28)20-14(2)24-23(29)25-17(20)13-35-21(27)15-6-8-26(9-7-15)36(30,31)16-4-5-18-19(12-16)34-11-10-33-18/h4-5,12,14-15H,3,6-11,13H2,1-2H3,(H2,24,25,29)/t14-/m0/s1. The van der Waals surface area contributed by atoms with Crippen molar-refractivity contribution in [3.8, 4) is 11.5 Å². The molecule has 4 rings (SSSR count). The molecule has 3 aliphatic heterocycles. The van der Waals surface area contributed by atoms with Crippen molar-refractivity contribution >= 4 is 28.0 Å². The SMILES string of the molecule is CCOC(=O)C1=C(COC(=O)C2CCN(S(=O)(=O)c3ccc4c(c3)OCCO4)CC2)NC(=O)N[C@H]1C. The van der Waals surface area contributed by atoms with Crippen LogP contribution >= 0.6 is 0 Å². The number of carbonyl (C=O) groups excluding carboxylic acids is 3. The quantitative estimate of drug-likeness (QED) is 0.498. The third-order valence-electron chi connectivity index (χ3n) is 6.16. The van der Waals surface area contributed by atoms with Crippen molar-refractivity contribution in [3.05, 3.63) is 29.5 Å². The minimum absolute atomic E-state index is 0.0991. The highest BCUT2D eigenvalue weighted by atomic mass is 32.2. The topological polar surface area (TPSA) is 150 Å². The molecule has 0 spiro atoms. The van der Waals surface area contributed by atoms with Crippen molar-refractivity contribution in [1.29, 1.82) is 0 Å². The number of rotatable bonds is 7. The van der Waals surface area contributed by atoms with E-state index in [1.165, 1.54) is 16.4 Å². The zero-order valence-electron chi connectivity index (χ0n) is 20.1. The van der Waals surface area contributed by atoms with Crippen molar-refractivity contribution in [3.63, 3.8) is 0 Å². The summed E-state index contributed by atoms with van der Waals surface area (Å²) < 4.78 is 48.9. The fourth-order valence-corrected chi connectivity index (χ4v) is 5.81. The Labute approximate surface area is 208 Å². The van der Waals surface area contributed by atoms with E-state index in [1.54, 1.807) is 19.9 Å². The van der Waals surface area contributed by atoms with Crippen LogP contribution in [0.2, 0.25) is 0 Å². The second-order valence-corrected chi connectivity index (χ2v) is 10.5. The smallest absolute Gasteiger partial charge is 0.338 e. The van der Waals surface area contributed by atoms with Gasteiger partial charge < -0.3 is 29.6 Å². The minimum atomic E-state index is -3.78. The maximum Gasteiger partial charge on any atom is 0.338 e. The Bertz CT molecular complexity index is 1170. The number of ether oxygens (including phenoxy) is 4. The highest BCUT2D eigenvalue weighted by molar-refractivity contribution is 7.89. The van der Waals surface area contributed by atoms with Gasteiger partial charge in [-0.15, -0.1) is 0 Å². The van der Waals surface area contributed by atoms with Gasteiger partial charge in [-0.1, -0.05) is 0 Å². The van der Waals surface area contributed by atoms with E-state index < -0.39 is 40.0 Å². The highest BCUT2D eigenvalue weighted by Crippen LogP contribution is 2.34. The summed E-state index contributed by atoms with van der Waals surface area (Å²) in [5.74, 6) is -0.763. The number of carbonyl (C=O) groups is 3. The molecular formula is C23H29N3O9S. The fourth-order valence-electron chi connectivity index (χ4n) is 4.32. The van der Waals surface area contributed by atoms with Crippen molar-refractivity contribution in [2.24, 2.45) is 5.92 Å². The van der Waals surface area contributed by atoms with Crippen LogP contribution in [0, 0.1) is 5.92 Å². The number of hydrogen-bond acceptors (Lipinski definition) is 9. The van der Waals surface area contributed by atoms with Gasteiger partial charge in [0.05, 0.1) is 34.7 Å². The molecule has 2 N–H and O–H groups in total. The Kier molecular flexibility index (Phi) is 7.69. The molecule has 2 amide bonds. The Morgan fingerprint density at radius 1 is 1.11 bits per heavy atom. The monoisotopic (exact) mass is 523 g/mol. The number of nitrogens with zero attached hydrogens (tertiary/aromatic N) is 1. The van der Waals surface area contributed by atoms with Gasteiger partial charge in [0.1, 0.15) is 19.8 Å². The average Bonchev–Trinajstić information content (AvgIpc) is 2.86. The maximum atomic E-state index is 13.1. The first-order valence-electron chi connectivity index (χ1n) is 11.7. The molecule has 1 saturated heterocycles. The number of esters is 2. The van der Waals surface area contributed by atoms with Crippen LogP contribution in [0.4, 0.5) is 4.79 Å². The van der Waals surface area contributed by atoms with Crippen LogP contribution in [-0.2, 0) is 29.1 Å². The summed E-state index contributed by atoms with van der Waals surface area (Å²) in [5, 5.41) is 5.08. The van der Waals surface area contributed by atoms with Gasteiger partial charge in [-0.2, -0.15) is 4.31 Å². The van der Waals surface area contributed by atoms with Gasteiger partial charge in [0, 0.05) is 19.2 Å². The van der Waals surface area contributed by atoms with Crippen LogP contribution in [0.25, 0.3) is 0 Å². The molecule has 0 aliphatic carbocycles. The number of urea groups is 1. The lowest BCUT2D eigenvalue weighted by Crippen LogP contribution is -2.50. The first kappa shape index (κ1) is 25.8. The van der Waals surface area contributed by atoms with Gasteiger partial charge in [0.25, 0.3) is 0 Å². The van der Waals surface area contributed by atoms with E-state index in [2.05, 4.69) is 10.6 Å². The number of sulfonamides is 1. The number of piperidine rings is 1. The van der Waals surface area contributed by atoms with E-state index in [-0.39, 0.29) is 55.3 Å². The molecule has 1 aromatic carbocycles. The third kappa shape index (κ3) is 5.41. The molecule has 1 atom stereocenters. The maximum absolute atomic E-state index is 13.1. The van der Waals surface area contributed by atoms with Gasteiger partial charge in [-0.25, -0.2) is 18.0 Å². The van der Waals surface area contributed by atoms with E-state index in [4.69, 9.17) is 18.9 Å². The second kappa shape index (κ2) is 10.7. The van der Waals surface area contributed by atoms with Crippen LogP contribution in [0.5, 0.6) is 11.5 Å². The third-order valence-corrected chi connectivity index (χ3v) is 8.06. The number of benzene rings is 1. The molecule has 0 saturated carbocycles. The van der Waals surface area contributed by atoms with Crippen molar-refractivity contribution < 1.29 is 41.7 Å². The molecule has 0 radical (unpaired) electrons. The predicted octanol–water partition coefficient (Wildman–Crippen LogP) is 0.920. The predicted molar refractivity (Wildman–Crippen MR) is 125 cm³/mol.